The molecule has 0 radical (unpaired) electrons. The Hall–Kier alpha value is -1.43. The number of aromatic nitrogens is 3. The summed E-state index contributed by atoms with van der Waals surface area (Å²) in [7, 11) is 1.85. The summed E-state index contributed by atoms with van der Waals surface area (Å²) in [6.07, 6.45) is 9.36. The summed E-state index contributed by atoms with van der Waals surface area (Å²) in [5, 5.41) is 10.7. The first-order chi connectivity index (χ1) is 10.1. The third kappa shape index (κ3) is 5.46. The Labute approximate surface area is 126 Å². The van der Waals surface area contributed by atoms with Crippen LogP contribution in [0.25, 0.3) is 0 Å². The molecule has 6 nitrogen and oxygen atoms in total. The normalized spacial score (nSPS) is 17.6. The van der Waals surface area contributed by atoms with Crippen LogP contribution in [-0.4, -0.2) is 33.3 Å². The summed E-state index contributed by atoms with van der Waals surface area (Å²) >= 11 is 0. The highest BCUT2D eigenvalue weighted by Crippen LogP contribution is 2.27. The summed E-state index contributed by atoms with van der Waals surface area (Å²) in [5.41, 5.74) is 0. The number of hydrogen-bond donors (Lipinski definition) is 1. The van der Waals surface area contributed by atoms with Crippen LogP contribution in [0.15, 0.2) is 6.33 Å². The van der Waals surface area contributed by atoms with Crippen molar-refractivity contribution >= 4 is 5.91 Å². The van der Waals surface area contributed by atoms with Crippen molar-refractivity contribution in [2.75, 3.05) is 6.61 Å². The van der Waals surface area contributed by atoms with E-state index in [0.717, 1.165) is 18.2 Å². The molecule has 1 saturated carbocycles. The highest BCUT2D eigenvalue weighted by molar-refractivity contribution is 5.77. The molecule has 0 unspecified atom stereocenters. The lowest BCUT2D eigenvalue weighted by Gasteiger charge is -2.25. The Morgan fingerprint density at radius 3 is 2.90 bits per heavy atom. The van der Waals surface area contributed by atoms with Gasteiger partial charge in [-0.1, -0.05) is 32.1 Å². The molecule has 0 aliphatic heterocycles. The number of nitrogens with zero attached hydrogens (tertiary/aromatic N) is 3. The first kappa shape index (κ1) is 15.9. The molecular formula is C15H26N4O2. The van der Waals surface area contributed by atoms with Crippen molar-refractivity contribution in [2.45, 2.75) is 58.1 Å². The molecule has 1 heterocycles. The quantitative estimate of drug-likeness (QED) is 0.832. The molecule has 1 aromatic rings. The van der Waals surface area contributed by atoms with Gasteiger partial charge in [0.2, 0.25) is 5.91 Å². The first-order valence-electron chi connectivity index (χ1n) is 7.85. The van der Waals surface area contributed by atoms with Crippen molar-refractivity contribution in [3.05, 3.63) is 12.2 Å². The van der Waals surface area contributed by atoms with Crippen molar-refractivity contribution in [3.63, 3.8) is 0 Å². The van der Waals surface area contributed by atoms with Crippen LogP contribution < -0.4 is 5.32 Å². The van der Waals surface area contributed by atoms with Gasteiger partial charge in [0.1, 0.15) is 19.5 Å². The summed E-state index contributed by atoms with van der Waals surface area (Å²) in [6, 6.07) is 0.221. The third-order valence-electron chi connectivity index (χ3n) is 4.09. The second-order valence-electron chi connectivity index (χ2n) is 6.06. The minimum absolute atomic E-state index is 0.0551. The van der Waals surface area contributed by atoms with Crippen LogP contribution >= 0.6 is 0 Å². The van der Waals surface area contributed by atoms with Crippen molar-refractivity contribution in [3.8, 4) is 0 Å². The molecule has 1 aliphatic rings. The van der Waals surface area contributed by atoms with Gasteiger partial charge in [0.25, 0.3) is 0 Å². The lowest BCUT2D eigenvalue weighted by atomic mass is 9.85. The monoisotopic (exact) mass is 294 g/mol. The van der Waals surface area contributed by atoms with Gasteiger partial charge in [-0.15, -0.1) is 10.2 Å². The average Bonchev–Trinajstić information content (AvgIpc) is 2.85. The Kier molecular flexibility index (Phi) is 6.17. The Morgan fingerprint density at radius 2 is 2.24 bits per heavy atom. The maximum atomic E-state index is 11.8. The number of nitrogens with one attached hydrogen (secondary N) is 1. The maximum absolute atomic E-state index is 11.8. The zero-order valence-electron chi connectivity index (χ0n) is 13.0. The van der Waals surface area contributed by atoms with Gasteiger partial charge in [-0.2, -0.15) is 0 Å². The highest BCUT2D eigenvalue weighted by atomic mass is 16.5. The van der Waals surface area contributed by atoms with Gasteiger partial charge in [0, 0.05) is 13.1 Å². The molecule has 1 N–H and O–H groups in total. The maximum Gasteiger partial charge on any atom is 0.246 e. The largest absolute Gasteiger partial charge is 0.364 e. The third-order valence-corrected chi connectivity index (χ3v) is 4.09. The fraction of sp³-hybridized carbons (Fsp3) is 0.800. The molecule has 1 aromatic heterocycles. The summed E-state index contributed by atoms with van der Waals surface area (Å²) < 4.78 is 7.16. The Morgan fingerprint density at radius 1 is 1.48 bits per heavy atom. The van der Waals surface area contributed by atoms with Crippen molar-refractivity contribution in [1.82, 2.24) is 20.1 Å². The number of carbonyl (C=O) groups is 1. The topological polar surface area (TPSA) is 69.0 Å². The van der Waals surface area contributed by atoms with Gasteiger partial charge in [-0.3, -0.25) is 4.79 Å². The van der Waals surface area contributed by atoms with Gasteiger partial charge in [0.05, 0.1) is 0 Å². The molecule has 21 heavy (non-hydrogen) atoms. The Bertz CT molecular complexity index is 441. The minimum Gasteiger partial charge on any atom is -0.364 e. The van der Waals surface area contributed by atoms with E-state index < -0.39 is 0 Å². The van der Waals surface area contributed by atoms with E-state index in [0.29, 0.717) is 6.61 Å². The summed E-state index contributed by atoms with van der Waals surface area (Å²) in [4.78, 5) is 11.8. The average molecular weight is 294 g/mol. The molecule has 0 saturated heterocycles. The number of carbonyl (C=O) groups excluding carboxylic acids is 1. The number of amides is 1. The number of ether oxygens (including phenoxy) is 1. The molecule has 0 bridgehead atoms. The van der Waals surface area contributed by atoms with E-state index in [9.17, 15) is 4.79 Å². The molecule has 1 atom stereocenters. The second-order valence-corrected chi connectivity index (χ2v) is 6.06. The lowest BCUT2D eigenvalue weighted by molar-refractivity contribution is -0.126. The van der Waals surface area contributed by atoms with Crippen LogP contribution in [0.2, 0.25) is 0 Å². The lowest BCUT2D eigenvalue weighted by Crippen LogP contribution is -2.36. The molecule has 1 fully saturated rings. The number of hydrogen-bond acceptors (Lipinski definition) is 4. The van der Waals surface area contributed by atoms with Gasteiger partial charge in [-0.05, 0) is 19.3 Å². The second kappa shape index (κ2) is 8.12. The molecule has 0 aromatic carbocycles. The van der Waals surface area contributed by atoms with Crippen LogP contribution in [0.4, 0.5) is 0 Å². The van der Waals surface area contributed by atoms with Crippen LogP contribution in [0, 0.1) is 5.92 Å². The zero-order valence-corrected chi connectivity index (χ0v) is 13.0. The van der Waals surface area contributed by atoms with Crippen LogP contribution in [0.1, 0.15) is 51.3 Å². The Balaban J connectivity index is 1.61. The molecule has 118 valence electrons. The van der Waals surface area contributed by atoms with Gasteiger partial charge < -0.3 is 14.6 Å². The van der Waals surface area contributed by atoms with Crippen LogP contribution in [0.3, 0.4) is 0 Å². The summed E-state index contributed by atoms with van der Waals surface area (Å²) in [5.74, 6) is 1.44. The fourth-order valence-corrected chi connectivity index (χ4v) is 2.97. The predicted octanol–water partition coefficient (Wildman–Crippen LogP) is 1.81. The fourth-order valence-electron chi connectivity index (χ4n) is 2.97. The minimum atomic E-state index is -0.0551. The van der Waals surface area contributed by atoms with E-state index in [1.165, 1.54) is 32.1 Å². The highest BCUT2D eigenvalue weighted by Gasteiger charge is 2.17. The van der Waals surface area contributed by atoms with Crippen LogP contribution in [-0.2, 0) is 23.2 Å². The standard InChI is InChI=1S/C15H26N4O2/c1-12(8-13-6-4-3-5-7-13)17-15(20)10-21-9-14-18-16-11-19(14)2/h11-13H,3-10H2,1-2H3,(H,17,20)/t12-/m0/s1. The SMILES string of the molecule is C[C@@H](CC1CCCCC1)NC(=O)COCc1nncn1C. The van der Waals surface area contributed by atoms with E-state index in [2.05, 4.69) is 22.4 Å². The summed E-state index contributed by atoms with van der Waals surface area (Å²) in [6.45, 7) is 2.46. The van der Waals surface area contributed by atoms with E-state index in [1.807, 2.05) is 7.05 Å². The predicted molar refractivity (Wildman–Crippen MR) is 79.5 cm³/mol. The molecule has 2 rings (SSSR count). The van der Waals surface area contributed by atoms with Crippen LogP contribution in [0.5, 0.6) is 0 Å². The van der Waals surface area contributed by atoms with Gasteiger partial charge in [0.15, 0.2) is 5.82 Å². The van der Waals surface area contributed by atoms with E-state index in [-0.39, 0.29) is 18.6 Å². The van der Waals surface area contributed by atoms with Crippen molar-refractivity contribution in [1.29, 1.82) is 0 Å². The zero-order chi connectivity index (χ0) is 15.1. The van der Waals surface area contributed by atoms with Crippen molar-refractivity contribution in [2.24, 2.45) is 13.0 Å². The molecular weight excluding hydrogens is 268 g/mol. The van der Waals surface area contributed by atoms with Crippen molar-refractivity contribution < 1.29 is 9.53 Å². The van der Waals surface area contributed by atoms with E-state index in [1.54, 1.807) is 10.9 Å². The first-order valence-corrected chi connectivity index (χ1v) is 7.85. The molecule has 0 spiro atoms. The smallest absolute Gasteiger partial charge is 0.246 e. The molecule has 1 aliphatic carbocycles. The molecule has 1 amide bonds. The number of rotatable bonds is 7. The van der Waals surface area contributed by atoms with E-state index >= 15 is 0 Å². The number of aryl methyl sites for hydroxylation is 1. The van der Waals surface area contributed by atoms with Gasteiger partial charge >= 0.3 is 0 Å². The van der Waals surface area contributed by atoms with Gasteiger partial charge in [-0.25, -0.2) is 0 Å². The van der Waals surface area contributed by atoms with E-state index in [4.69, 9.17) is 4.74 Å². The molecule has 6 heteroatoms.